The molecule has 0 aliphatic carbocycles. The molecule has 1 aliphatic rings. The van der Waals surface area contributed by atoms with Gasteiger partial charge in [0.2, 0.25) is 0 Å². The maximum Gasteiger partial charge on any atom is 0.254 e. The van der Waals surface area contributed by atoms with Crippen molar-refractivity contribution in [2.24, 2.45) is 0 Å². The average molecular weight is 326 g/mol. The fourth-order valence-electron chi connectivity index (χ4n) is 2.59. The number of carbonyl (C=O) groups excluding carboxylic acids is 1. The number of morpholine rings is 1. The largest absolute Gasteiger partial charge is 0.489 e. The van der Waals surface area contributed by atoms with Crippen LogP contribution in [0.5, 0.6) is 5.75 Å². The minimum atomic E-state index is -0.449. The minimum Gasteiger partial charge on any atom is -0.489 e. The lowest BCUT2D eigenvalue weighted by molar-refractivity contribution is -0.128. The summed E-state index contributed by atoms with van der Waals surface area (Å²) in [6.07, 6.45) is -0.449. The van der Waals surface area contributed by atoms with Gasteiger partial charge < -0.3 is 20.1 Å². The first-order chi connectivity index (χ1) is 11.7. The predicted octanol–water partition coefficient (Wildman–Crippen LogP) is 2.50. The quantitative estimate of drug-likeness (QED) is 0.886. The number of rotatable bonds is 5. The Kier molecular flexibility index (Phi) is 5.46. The Labute approximate surface area is 142 Å². The number of anilines is 1. The molecule has 1 saturated heterocycles. The summed E-state index contributed by atoms with van der Waals surface area (Å²) in [5.74, 6) is 0.579. The van der Waals surface area contributed by atoms with Crippen molar-refractivity contribution in [3.8, 4) is 5.75 Å². The van der Waals surface area contributed by atoms with Gasteiger partial charge in [0.05, 0.1) is 6.61 Å². The molecule has 5 heteroatoms. The number of aryl methyl sites for hydroxylation is 1. The Hall–Kier alpha value is -2.37. The van der Waals surface area contributed by atoms with Crippen molar-refractivity contribution in [3.05, 3.63) is 59.7 Å². The first-order valence-electron chi connectivity index (χ1n) is 8.12. The van der Waals surface area contributed by atoms with Crippen LogP contribution in [-0.4, -0.2) is 31.7 Å². The highest BCUT2D eigenvalue weighted by atomic mass is 16.5. The Morgan fingerprint density at radius 3 is 2.96 bits per heavy atom. The molecule has 5 nitrogen and oxygen atoms in total. The maximum absolute atomic E-state index is 12.2. The average Bonchev–Trinajstić information content (AvgIpc) is 2.61. The van der Waals surface area contributed by atoms with Gasteiger partial charge in [0, 0.05) is 24.8 Å². The molecule has 0 saturated carbocycles. The lowest BCUT2D eigenvalue weighted by Crippen LogP contribution is -2.45. The van der Waals surface area contributed by atoms with E-state index in [9.17, 15) is 4.79 Å². The van der Waals surface area contributed by atoms with Crippen molar-refractivity contribution in [1.29, 1.82) is 0 Å². The van der Waals surface area contributed by atoms with Crippen LogP contribution in [0.15, 0.2) is 48.5 Å². The van der Waals surface area contributed by atoms with Crippen LogP contribution in [0.1, 0.15) is 11.1 Å². The first-order valence-corrected chi connectivity index (χ1v) is 8.12. The zero-order chi connectivity index (χ0) is 16.8. The number of carbonyl (C=O) groups is 1. The lowest BCUT2D eigenvalue weighted by atomic mass is 10.1. The topological polar surface area (TPSA) is 59.6 Å². The summed E-state index contributed by atoms with van der Waals surface area (Å²) in [7, 11) is 0. The molecule has 1 aliphatic heterocycles. The summed E-state index contributed by atoms with van der Waals surface area (Å²) < 4.78 is 11.3. The zero-order valence-electron chi connectivity index (χ0n) is 13.7. The number of ether oxygens (including phenoxy) is 2. The second-order valence-corrected chi connectivity index (χ2v) is 5.86. The highest BCUT2D eigenvalue weighted by Crippen LogP contribution is 2.19. The van der Waals surface area contributed by atoms with Crippen molar-refractivity contribution in [3.63, 3.8) is 0 Å². The summed E-state index contributed by atoms with van der Waals surface area (Å²) >= 11 is 0. The van der Waals surface area contributed by atoms with Gasteiger partial charge in [0.15, 0.2) is 0 Å². The summed E-state index contributed by atoms with van der Waals surface area (Å²) in [6, 6.07) is 15.6. The molecule has 3 rings (SSSR count). The second-order valence-electron chi connectivity index (χ2n) is 5.86. The third-order valence-corrected chi connectivity index (χ3v) is 3.81. The molecule has 0 radical (unpaired) electrons. The minimum absolute atomic E-state index is 0.141. The molecule has 2 N–H and O–H groups in total. The van der Waals surface area contributed by atoms with Crippen molar-refractivity contribution in [2.45, 2.75) is 19.6 Å². The SMILES string of the molecule is Cc1cccc(COc2cccc(NC(=O)C3CNCCO3)c2)c1. The van der Waals surface area contributed by atoms with Crippen LogP contribution in [0.25, 0.3) is 0 Å². The second kappa shape index (κ2) is 7.95. The van der Waals surface area contributed by atoms with Crippen LogP contribution >= 0.6 is 0 Å². The van der Waals surface area contributed by atoms with E-state index in [1.165, 1.54) is 5.56 Å². The van der Waals surface area contributed by atoms with E-state index in [4.69, 9.17) is 9.47 Å². The van der Waals surface area contributed by atoms with Crippen molar-refractivity contribution in [2.75, 3.05) is 25.0 Å². The van der Waals surface area contributed by atoms with Crippen LogP contribution in [0.3, 0.4) is 0 Å². The van der Waals surface area contributed by atoms with E-state index in [0.29, 0.717) is 25.4 Å². The molecule has 0 spiro atoms. The van der Waals surface area contributed by atoms with E-state index >= 15 is 0 Å². The number of amides is 1. The van der Waals surface area contributed by atoms with Gasteiger partial charge in [-0.25, -0.2) is 0 Å². The van der Waals surface area contributed by atoms with Crippen molar-refractivity contribution < 1.29 is 14.3 Å². The maximum atomic E-state index is 12.2. The van der Waals surface area contributed by atoms with Gasteiger partial charge in [-0.05, 0) is 24.6 Å². The van der Waals surface area contributed by atoms with Crippen molar-refractivity contribution >= 4 is 11.6 Å². The Morgan fingerprint density at radius 1 is 1.29 bits per heavy atom. The van der Waals surface area contributed by atoms with Crippen molar-refractivity contribution in [1.82, 2.24) is 5.32 Å². The van der Waals surface area contributed by atoms with E-state index < -0.39 is 6.10 Å². The molecule has 24 heavy (non-hydrogen) atoms. The van der Waals surface area contributed by atoms with E-state index in [0.717, 1.165) is 17.9 Å². The molecule has 2 aromatic rings. The van der Waals surface area contributed by atoms with Crippen LogP contribution in [-0.2, 0) is 16.1 Å². The summed E-state index contributed by atoms with van der Waals surface area (Å²) in [6.45, 7) is 4.43. The van der Waals surface area contributed by atoms with Gasteiger partial charge in [-0.3, -0.25) is 4.79 Å². The van der Waals surface area contributed by atoms with Gasteiger partial charge in [0.25, 0.3) is 5.91 Å². The molecule has 1 atom stereocenters. The molecule has 1 unspecified atom stereocenters. The highest BCUT2D eigenvalue weighted by Gasteiger charge is 2.21. The Morgan fingerprint density at radius 2 is 2.17 bits per heavy atom. The Bertz CT molecular complexity index is 697. The molecule has 2 aromatic carbocycles. The standard InChI is InChI=1S/C19H22N2O3/c1-14-4-2-5-15(10-14)13-24-17-7-3-6-16(11-17)21-19(22)18-12-20-8-9-23-18/h2-7,10-11,18,20H,8-9,12-13H2,1H3,(H,21,22). The number of hydrogen-bond donors (Lipinski definition) is 2. The number of nitrogens with one attached hydrogen (secondary N) is 2. The smallest absolute Gasteiger partial charge is 0.254 e. The molecule has 126 valence electrons. The van der Waals surface area contributed by atoms with Gasteiger partial charge in [-0.2, -0.15) is 0 Å². The highest BCUT2D eigenvalue weighted by molar-refractivity contribution is 5.94. The van der Waals surface area contributed by atoms with Crippen LogP contribution in [0.2, 0.25) is 0 Å². The molecule has 0 bridgehead atoms. The Balaban J connectivity index is 1.58. The number of hydrogen-bond acceptors (Lipinski definition) is 4. The van der Waals surface area contributed by atoms with Gasteiger partial charge in [0.1, 0.15) is 18.5 Å². The van der Waals surface area contributed by atoms with Gasteiger partial charge in [-0.1, -0.05) is 35.9 Å². The predicted molar refractivity (Wildman–Crippen MR) is 93.2 cm³/mol. The fraction of sp³-hybridized carbons (Fsp3) is 0.316. The van der Waals surface area contributed by atoms with E-state index in [1.54, 1.807) is 0 Å². The molecular formula is C19H22N2O3. The van der Waals surface area contributed by atoms with Crippen LogP contribution in [0.4, 0.5) is 5.69 Å². The first kappa shape index (κ1) is 16.5. The molecule has 1 amide bonds. The lowest BCUT2D eigenvalue weighted by Gasteiger charge is -2.22. The fourth-order valence-corrected chi connectivity index (χ4v) is 2.59. The monoisotopic (exact) mass is 326 g/mol. The van der Waals surface area contributed by atoms with E-state index in [1.807, 2.05) is 36.4 Å². The van der Waals surface area contributed by atoms with Gasteiger partial charge in [-0.15, -0.1) is 0 Å². The third kappa shape index (κ3) is 4.57. The molecule has 1 heterocycles. The van der Waals surface area contributed by atoms with E-state index in [2.05, 4.69) is 29.7 Å². The third-order valence-electron chi connectivity index (χ3n) is 3.81. The normalized spacial score (nSPS) is 17.3. The summed E-state index contributed by atoms with van der Waals surface area (Å²) in [4.78, 5) is 12.2. The summed E-state index contributed by atoms with van der Waals surface area (Å²) in [5, 5.41) is 6.02. The molecular weight excluding hydrogens is 304 g/mol. The van der Waals surface area contributed by atoms with E-state index in [-0.39, 0.29) is 5.91 Å². The van der Waals surface area contributed by atoms with Crippen LogP contribution in [0, 0.1) is 6.92 Å². The van der Waals surface area contributed by atoms with Crippen LogP contribution < -0.4 is 15.4 Å². The summed E-state index contributed by atoms with van der Waals surface area (Å²) in [5.41, 5.74) is 3.03. The number of benzene rings is 2. The molecule has 0 aromatic heterocycles. The van der Waals surface area contributed by atoms with Gasteiger partial charge >= 0.3 is 0 Å². The molecule has 1 fully saturated rings. The zero-order valence-corrected chi connectivity index (χ0v) is 13.7.